The third-order valence-corrected chi connectivity index (χ3v) is 4.02. The molecule has 0 unspecified atom stereocenters. The number of rotatable bonds is 7. The molecule has 3 aromatic rings. The molecule has 8 heteroatoms. The van der Waals surface area contributed by atoms with Crippen LogP contribution in [0.2, 0.25) is 0 Å². The highest BCUT2D eigenvalue weighted by Crippen LogP contribution is 2.26. The molecule has 0 saturated carbocycles. The standard InChI is InChI=1S/C21H19N3O5/c1-2-27-12-17-16-5-3-4-6-18(16)29-20(17)21(26)24-23-19(25)13-28-15-9-7-14(11-22)8-10-15/h3-10H,2,12-13H2,1H3,(H,23,25)(H,24,26). The molecule has 1 aromatic heterocycles. The van der Waals surface area contributed by atoms with Crippen molar-refractivity contribution in [3.8, 4) is 11.8 Å². The number of benzene rings is 2. The van der Waals surface area contributed by atoms with Gasteiger partial charge in [-0.15, -0.1) is 0 Å². The van der Waals surface area contributed by atoms with Gasteiger partial charge in [-0.3, -0.25) is 20.4 Å². The van der Waals surface area contributed by atoms with Crippen LogP contribution < -0.4 is 15.6 Å². The van der Waals surface area contributed by atoms with Crippen molar-refractivity contribution in [2.75, 3.05) is 13.2 Å². The molecular formula is C21H19N3O5. The first-order valence-electron chi connectivity index (χ1n) is 8.92. The summed E-state index contributed by atoms with van der Waals surface area (Å²) in [6.45, 7) is 2.25. The minimum atomic E-state index is -0.595. The van der Waals surface area contributed by atoms with Gasteiger partial charge < -0.3 is 13.9 Å². The smallest absolute Gasteiger partial charge is 0.305 e. The Bertz CT molecular complexity index is 1050. The van der Waals surface area contributed by atoms with Crippen molar-refractivity contribution in [3.05, 3.63) is 65.4 Å². The summed E-state index contributed by atoms with van der Waals surface area (Å²) in [5.41, 5.74) is 6.27. The van der Waals surface area contributed by atoms with Gasteiger partial charge in [0.1, 0.15) is 11.3 Å². The highest BCUT2D eigenvalue weighted by Gasteiger charge is 2.21. The number of carbonyl (C=O) groups excluding carboxylic acids is 2. The van der Waals surface area contributed by atoms with Crippen molar-refractivity contribution in [1.82, 2.24) is 10.9 Å². The van der Waals surface area contributed by atoms with Crippen LogP contribution in [-0.4, -0.2) is 25.0 Å². The number of hydrogen-bond donors (Lipinski definition) is 2. The third-order valence-electron chi connectivity index (χ3n) is 4.02. The summed E-state index contributed by atoms with van der Waals surface area (Å²) in [7, 11) is 0. The minimum absolute atomic E-state index is 0.0768. The third kappa shape index (κ3) is 4.91. The van der Waals surface area contributed by atoms with Crippen LogP contribution in [0.1, 0.15) is 28.6 Å². The summed E-state index contributed by atoms with van der Waals surface area (Å²) >= 11 is 0. The lowest BCUT2D eigenvalue weighted by Gasteiger charge is -2.09. The molecule has 0 fully saturated rings. The Morgan fingerprint density at radius 3 is 2.59 bits per heavy atom. The average Bonchev–Trinajstić information content (AvgIpc) is 3.13. The Balaban J connectivity index is 1.59. The zero-order chi connectivity index (χ0) is 20.6. The Morgan fingerprint density at radius 2 is 1.86 bits per heavy atom. The van der Waals surface area contributed by atoms with Crippen LogP contribution in [0.15, 0.2) is 52.9 Å². The number of amides is 2. The van der Waals surface area contributed by atoms with Crippen molar-refractivity contribution in [1.29, 1.82) is 5.26 Å². The zero-order valence-electron chi connectivity index (χ0n) is 15.7. The molecule has 2 N–H and O–H groups in total. The van der Waals surface area contributed by atoms with E-state index in [1.807, 2.05) is 25.1 Å². The summed E-state index contributed by atoms with van der Waals surface area (Å²) in [4.78, 5) is 24.4. The Hall–Kier alpha value is -3.83. The Kier molecular flexibility index (Phi) is 6.45. The van der Waals surface area contributed by atoms with Crippen LogP contribution in [0.25, 0.3) is 11.0 Å². The number of furan rings is 1. The molecule has 2 amide bonds. The number of fused-ring (bicyclic) bond motifs is 1. The molecule has 0 bridgehead atoms. The lowest BCUT2D eigenvalue weighted by Crippen LogP contribution is -2.44. The number of hydrazine groups is 1. The summed E-state index contributed by atoms with van der Waals surface area (Å²) in [6, 6.07) is 15.6. The van der Waals surface area contributed by atoms with Crippen molar-refractivity contribution < 1.29 is 23.5 Å². The number of carbonyl (C=O) groups is 2. The SMILES string of the molecule is CCOCc1c(C(=O)NNC(=O)COc2ccc(C#N)cc2)oc2ccccc12. The van der Waals surface area contributed by atoms with Crippen LogP contribution >= 0.6 is 0 Å². The quantitative estimate of drug-likeness (QED) is 0.597. The van der Waals surface area contributed by atoms with E-state index in [4.69, 9.17) is 19.2 Å². The van der Waals surface area contributed by atoms with Gasteiger partial charge in [-0.25, -0.2) is 0 Å². The van der Waals surface area contributed by atoms with E-state index in [-0.39, 0.29) is 19.0 Å². The molecule has 0 aliphatic carbocycles. The fraction of sp³-hybridized carbons (Fsp3) is 0.190. The number of nitrogens with zero attached hydrogens (tertiary/aromatic N) is 1. The molecule has 2 aromatic carbocycles. The van der Waals surface area contributed by atoms with Crippen molar-refractivity contribution >= 4 is 22.8 Å². The second-order valence-corrected chi connectivity index (χ2v) is 5.97. The number of para-hydroxylation sites is 1. The van der Waals surface area contributed by atoms with E-state index in [0.717, 1.165) is 5.39 Å². The summed E-state index contributed by atoms with van der Waals surface area (Å²) < 4.78 is 16.4. The summed E-state index contributed by atoms with van der Waals surface area (Å²) in [6.07, 6.45) is 0. The summed E-state index contributed by atoms with van der Waals surface area (Å²) in [5, 5.41) is 9.54. The van der Waals surface area contributed by atoms with Crippen LogP contribution in [0, 0.1) is 11.3 Å². The molecule has 3 rings (SSSR count). The summed E-state index contributed by atoms with van der Waals surface area (Å²) in [5.74, 6) is -0.637. The van der Waals surface area contributed by atoms with Gasteiger partial charge in [-0.2, -0.15) is 5.26 Å². The first-order valence-corrected chi connectivity index (χ1v) is 8.92. The van der Waals surface area contributed by atoms with Crippen LogP contribution in [-0.2, 0) is 16.1 Å². The minimum Gasteiger partial charge on any atom is -0.484 e. The van der Waals surface area contributed by atoms with Crippen LogP contribution in [0.3, 0.4) is 0 Å². The normalized spacial score (nSPS) is 10.3. The van der Waals surface area contributed by atoms with E-state index in [0.29, 0.717) is 29.1 Å². The molecule has 8 nitrogen and oxygen atoms in total. The topological polar surface area (TPSA) is 114 Å². The Morgan fingerprint density at radius 1 is 1.10 bits per heavy atom. The second kappa shape index (κ2) is 9.39. The van der Waals surface area contributed by atoms with E-state index in [1.54, 1.807) is 36.4 Å². The lowest BCUT2D eigenvalue weighted by molar-refractivity contribution is -0.123. The van der Waals surface area contributed by atoms with Crippen molar-refractivity contribution in [3.63, 3.8) is 0 Å². The molecule has 0 spiro atoms. The first-order chi connectivity index (χ1) is 14.1. The number of nitriles is 1. The number of hydrogen-bond acceptors (Lipinski definition) is 6. The molecule has 0 aliphatic rings. The van der Waals surface area contributed by atoms with E-state index >= 15 is 0 Å². The number of ether oxygens (including phenoxy) is 2. The molecular weight excluding hydrogens is 374 g/mol. The lowest BCUT2D eigenvalue weighted by atomic mass is 10.1. The van der Waals surface area contributed by atoms with Gasteiger partial charge in [-0.1, -0.05) is 18.2 Å². The predicted molar refractivity (Wildman–Crippen MR) is 104 cm³/mol. The van der Waals surface area contributed by atoms with Gasteiger partial charge in [-0.05, 0) is 37.3 Å². The van der Waals surface area contributed by atoms with E-state index < -0.39 is 11.8 Å². The van der Waals surface area contributed by atoms with Crippen LogP contribution in [0.5, 0.6) is 5.75 Å². The fourth-order valence-electron chi connectivity index (χ4n) is 2.62. The number of nitrogens with one attached hydrogen (secondary N) is 2. The van der Waals surface area contributed by atoms with E-state index in [2.05, 4.69) is 10.9 Å². The highest BCUT2D eigenvalue weighted by atomic mass is 16.5. The highest BCUT2D eigenvalue weighted by molar-refractivity contribution is 5.99. The first kappa shape index (κ1) is 19.9. The van der Waals surface area contributed by atoms with E-state index in [9.17, 15) is 9.59 Å². The van der Waals surface area contributed by atoms with Crippen molar-refractivity contribution in [2.45, 2.75) is 13.5 Å². The van der Waals surface area contributed by atoms with Gasteiger partial charge in [0.05, 0.1) is 18.2 Å². The monoisotopic (exact) mass is 393 g/mol. The molecule has 148 valence electrons. The van der Waals surface area contributed by atoms with E-state index in [1.165, 1.54) is 0 Å². The fourth-order valence-corrected chi connectivity index (χ4v) is 2.62. The van der Waals surface area contributed by atoms with Gasteiger partial charge in [0.25, 0.3) is 5.91 Å². The maximum atomic E-state index is 12.5. The molecule has 0 saturated heterocycles. The molecule has 0 atom stereocenters. The van der Waals surface area contributed by atoms with Gasteiger partial charge >= 0.3 is 5.91 Å². The van der Waals surface area contributed by atoms with Gasteiger partial charge in [0.2, 0.25) is 0 Å². The largest absolute Gasteiger partial charge is 0.484 e. The predicted octanol–water partition coefficient (Wildman–Crippen LogP) is 2.68. The average molecular weight is 393 g/mol. The second-order valence-electron chi connectivity index (χ2n) is 5.97. The van der Waals surface area contributed by atoms with Gasteiger partial charge in [0, 0.05) is 17.6 Å². The molecule has 0 radical (unpaired) electrons. The molecule has 29 heavy (non-hydrogen) atoms. The maximum Gasteiger partial charge on any atom is 0.305 e. The Labute approximate surface area is 167 Å². The van der Waals surface area contributed by atoms with Crippen molar-refractivity contribution in [2.24, 2.45) is 0 Å². The zero-order valence-corrected chi connectivity index (χ0v) is 15.7. The van der Waals surface area contributed by atoms with Gasteiger partial charge in [0.15, 0.2) is 12.4 Å². The maximum absolute atomic E-state index is 12.5. The molecule has 0 aliphatic heterocycles. The molecule has 1 heterocycles. The van der Waals surface area contributed by atoms with Crippen LogP contribution in [0.4, 0.5) is 0 Å².